The number of aryl methyl sites for hydroxylation is 2. The fourth-order valence-corrected chi connectivity index (χ4v) is 5.02. The van der Waals surface area contributed by atoms with E-state index >= 15 is 0 Å². The van der Waals surface area contributed by atoms with Crippen molar-refractivity contribution < 1.29 is 14.1 Å². The van der Waals surface area contributed by atoms with Crippen LogP contribution in [0.2, 0.25) is 0 Å². The molecular formula is C25H22N6O3. The molecule has 1 unspecified atom stereocenters. The molecule has 0 radical (unpaired) electrons. The van der Waals surface area contributed by atoms with Crippen LogP contribution in [0, 0.1) is 13.8 Å². The third-order valence-corrected chi connectivity index (χ3v) is 6.73. The molecule has 9 nitrogen and oxygen atoms in total. The van der Waals surface area contributed by atoms with Gasteiger partial charge < -0.3 is 18.9 Å². The monoisotopic (exact) mass is 454 g/mol. The van der Waals surface area contributed by atoms with Crippen molar-refractivity contribution in [2.24, 2.45) is 0 Å². The largest absolute Gasteiger partial charge is 0.364 e. The van der Waals surface area contributed by atoms with Gasteiger partial charge in [-0.1, -0.05) is 17.3 Å². The Morgan fingerprint density at radius 1 is 1.12 bits per heavy atom. The number of fused-ring (bicyclic) bond motifs is 2. The van der Waals surface area contributed by atoms with Gasteiger partial charge in [0.1, 0.15) is 17.5 Å². The van der Waals surface area contributed by atoms with Crippen molar-refractivity contribution in [2.75, 3.05) is 13.1 Å². The molecule has 1 fully saturated rings. The van der Waals surface area contributed by atoms with E-state index in [4.69, 9.17) is 9.51 Å². The summed E-state index contributed by atoms with van der Waals surface area (Å²) in [7, 11) is 0. The van der Waals surface area contributed by atoms with Crippen LogP contribution in [0.1, 0.15) is 37.8 Å². The second-order valence-electron chi connectivity index (χ2n) is 8.75. The van der Waals surface area contributed by atoms with E-state index in [0.717, 1.165) is 16.7 Å². The van der Waals surface area contributed by atoms with Gasteiger partial charge in [-0.15, -0.1) is 0 Å². The van der Waals surface area contributed by atoms with Crippen molar-refractivity contribution in [1.82, 2.24) is 29.5 Å². The summed E-state index contributed by atoms with van der Waals surface area (Å²) in [6, 6.07) is 9.57. The standard InChI is InChI=1S/C25H22N6O3/c1-16-5-6-22(27-11-16)25-15-29-13-19(18-4-3-7-26-12-18)10-21(29)24(33)31(25)9-8-30(25)23(32)20-14-34-28-17(20)2/h3-7,10-14H,8-9,15H2,1-2H3. The third-order valence-electron chi connectivity index (χ3n) is 6.73. The molecule has 0 spiro atoms. The molecule has 0 bridgehead atoms. The molecule has 0 saturated carbocycles. The predicted molar refractivity (Wildman–Crippen MR) is 122 cm³/mol. The smallest absolute Gasteiger partial charge is 0.272 e. The van der Waals surface area contributed by atoms with Crippen molar-refractivity contribution in [3.8, 4) is 11.1 Å². The van der Waals surface area contributed by atoms with E-state index in [9.17, 15) is 9.59 Å². The Morgan fingerprint density at radius 3 is 2.71 bits per heavy atom. The molecule has 1 saturated heterocycles. The molecule has 0 N–H and O–H groups in total. The summed E-state index contributed by atoms with van der Waals surface area (Å²) in [5.74, 6) is -0.374. The number of amides is 2. The molecule has 170 valence electrons. The van der Waals surface area contributed by atoms with Crippen LogP contribution in [0.15, 0.2) is 65.9 Å². The van der Waals surface area contributed by atoms with Gasteiger partial charge in [-0.2, -0.15) is 0 Å². The SMILES string of the molecule is Cc1ccc(C23Cn4cc(-c5cccnc5)cc4C(=O)N2CCN3C(=O)c2conc2C)nc1. The van der Waals surface area contributed by atoms with Crippen molar-refractivity contribution >= 4 is 11.8 Å². The highest BCUT2D eigenvalue weighted by molar-refractivity contribution is 5.99. The van der Waals surface area contributed by atoms with Crippen LogP contribution in [0.5, 0.6) is 0 Å². The van der Waals surface area contributed by atoms with Gasteiger partial charge in [0.25, 0.3) is 11.8 Å². The van der Waals surface area contributed by atoms with Crippen molar-refractivity contribution in [3.05, 3.63) is 89.6 Å². The average Bonchev–Trinajstić information content (AvgIpc) is 3.57. The van der Waals surface area contributed by atoms with E-state index in [1.165, 1.54) is 6.26 Å². The Labute approximate surface area is 195 Å². The maximum Gasteiger partial charge on any atom is 0.272 e. The van der Waals surface area contributed by atoms with Gasteiger partial charge in [-0.3, -0.25) is 19.6 Å². The van der Waals surface area contributed by atoms with Crippen LogP contribution in [0.25, 0.3) is 11.1 Å². The molecule has 2 aliphatic heterocycles. The van der Waals surface area contributed by atoms with Crippen molar-refractivity contribution in [3.63, 3.8) is 0 Å². The summed E-state index contributed by atoms with van der Waals surface area (Å²) in [6.07, 6.45) is 8.57. The lowest BCUT2D eigenvalue weighted by molar-refractivity contribution is -0.00828. The zero-order chi connectivity index (χ0) is 23.4. The van der Waals surface area contributed by atoms with Gasteiger partial charge in [-0.05, 0) is 37.6 Å². The van der Waals surface area contributed by atoms with E-state index in [-0.39, 0.29) is 11.8 Å². The summed E-state index contributed by atoms with van der Waals surface area (Å²) >= 11 is 0. The highest BCUT2D eigenvalue weighted by atomic mass is 16.5. The molecule has 6 rings (SSSR count). The molecule has 34 heavy (non-hydrogen) atoms. The van der Waals surface area contributed by atoms with Gasteiger partial charge in [0.05, 0.1) is 17.9 Å². The molecule has 4 aromatic heterocycles. The van der Waals surface area contributed by atoms with Crippen LogP contribution in [0.3, 0.4) is 0 Å². The Kier molecular flexibility index (Phi) is 4.41. The number of carbonyl (C=O) groups excluding carboxylic acids is 2. The molecule has 2 amide bonds. The highest BCUT2D eigenvalue weighted by Crippen LogP contribution is 2.43. The predicted octanol–water partition coefficient (Wildman–Crippen LogP) is 3.01. The average molecular weight is 454 g/mol. The molecule has 1 atom stereocenters. The van der Waals surface area contributed by atoms with Crippen LogP contribution in [0.4, 0.5) is 0 Å². The Balaban J connectivity index is 1.52. The Hall–Kier alpha value is -4.27. The van der Waals surface area contributed by atoms with Crippen LogP contribution < -0.4 is 0 Å². The zero-order valence-electron chi connectivity index (χ0n) is 18.8. The number of nitrogens with zero attached hydrogens (tertiary/aromatic N) is 6. The maximum absolute atomic E-state index is 13.8. The summed E-state index contributed by atoms with van der Waals surface area (Å²) in [6.45, 7) is 4.83. The maximum atomic E-state index is 13.8. The van der Waals surface area contributed by atoms with E-state index < -0.39 is 5.66 Å². The number of hydrogen-bond acceptors (Lipinski definition) is 6. The van der Waals surface area contributed by atoms with E-state index in [1.54, 1.807) is 35.3 Å². The number of aromatic nitrogens is 4. The first-order valence-electron chi connectivity index (χ1n) is 11.1. The lowest BCUT2D eigenvalue weighted by Gasteiger charge is -2.46. The van der Waals surface area contributed by atoms with Crippen molar-refractivity contribution in [1.29, 1.82) is 0 Å². The minimum Gasteiger partial charge on any atom is -0.364 e. The topological polar surface area (TPSA) is 97.4 Å². The van der Waals surface area contributed by atoms with Gasteiger partial charge in [0.15, 0.2) is 5.66 Å². The molecule has 6 heterocycles. The van der Waals surface area contributed by atoms with Gasteiger partial charge in [0, 0.05) is 49.0 Å². The Morgan fingerprint density at radius 2 is 2.00 bits per heavy atom. The summed E-state index contributed by atoms with van der Waals surface area (Å²) in [5.41, 5.74) is 3.88. The highest BCUT2D eigenvalue weighted by Gasteiger charge is 2.57. The molecular weight excluding hydrogens is 432 g/mol. The lowest BCUT2D eigenvalue weighted by Crippen LogP contribution is -2.60. The molecule has 0 aliphatic carbocycles. The second kappa shape index (κ2) is 7.38. The van der Waals surface area contributed by atoms with E-state index in [0.29, 0.717) is 42.3 Å². The molecule has 2 aliphatic rings. The second-order valence-corrected chi connectivity index (χ2v) is 8.75. The van der Waals surface area contributed by atoms with Crippen LogP contribution in [-0.4, -0.2) is 54.4 Å². The summed E-state index contributed by atoms with van der Waals surface area (Å²) in [4.78, 5) is 39.9. The van der Waals surface area contributed by atoms with Crippen LogP contribution in [-0.2, 0) is 12.2 Å². The van der Waals surface area contributed by atoms with Crippen LogP contribution >= 0.6 is 0 Å². The minimum atomic E-state index is -1.07. The first-order valence-corrected chi connectivity index (χ1v) is 11.1. The molecule has 0 aromatic carbocycles. The van der Waals surface area contributed by atoms with Gasteiger partial charge in [0.2, 0.25) is 0 Å². The number of rotatable bonds is 3. The minimum absolute atomic E-state index is 0.138. The lowest BCUT2D eigenvalue weighted by atomic mass is 9.98. The number of hydrogen-bond donors (Lipinski definition) is 0. The molecule has 9 heteroatoms. The Bertz CT molecular complexity index is 1410. The number of carbonyl (C=O) groups is 2. The van der Waals surface area contributed by atoms with E-state index in [1.807, 2.05) is 48.0 Å². The quantitative estimate of drug-likeness (QED) is 0.472. The molecule has 4 aromatic rings. The first kappa shape index (κ1) is 20.3. The van der Waals surface area contributed by atoms with Gasteiger partial charge >= 0.3 is 0 Å². The van der Waals surface area contributed by atoms with Crippen molar-refractivity contribution in [2.45, 2.75) is 26.1 Å². The third kappa shape index (κ3) is 2.83. The normalized spacial score (nSPS) is 19.3. The number of pyridine rings is 2. The van der Waals surface area contributed by atoms with E-state index in [2.05, 4.69) is 10.1 Å². The fraction of sp³-hybridized carbons (Fsp3) is 0.240. The first-order chi connectivity index (χ1) is 16.5. The fourth-order valence-electron chi connectivity index (χ4n) is 5.02. The zero-order valence-corrected chi connectivity index (χ0v) is 18.8. The summed E-state index contributed by atoms with van der Waals surface area (Å²) in [5, 5.41) is 3.88. The van der Waals surface area contributed by atoms with Gasteiger partial charge in [-0.25, -0.2) is 0 Å². The summed E-state index contributed by atoms with van der Waals surface area (Å²) < 4.78 is 6.97.